The zero-order chi connectivity index (χ0) is 19.2. The first-order chi connectivity index (χ1) is 13.8. The molecule has 2 aromatic heterocycles. The number of nitrogens with zero attached hydrogens (tertiary/aromatic N) is 5. The van der Waals surface area contributed by atoms with Crippen LogP contribution in [0.2, 0.25) is 0 Å². The number of rotatable bonds is 4. The van der Waals surface area contributed by atoms with Crippen molar-refractivity contribution in [2.24, 2.45) is 5.92 Å². The Morgan fingerprint density at radius 3 is 2.61 bits per heavy atom. The normalized spacial score (nSPS) is 19.4. The molecule has 0 spiro atoms. The van der Waals surface area contributed by atoms with Crippen molar-refractivity contribution in [1.29, 1.82) is 0 Å². The van der Waals surface area contributed by atoms with E-state index in [1.54, 1.807) is 6.20 Å². The lowest BCUT2D eigenvalue weighted by atomic mass is 9.98. The van der Waals surface area contributed by atoms with Gasteiger partial charge in [0.05, 0.1) is 0 Å². The highest BCUT2D eigenvalue weighted by Gasteiger charge is 2.27. The molecule has 2 aromatic rings. The van der Waals surface area contributed by atoms with Crippen LogP contribution in [0.1, 0.15) is 24.8 Å². The molecule has 0 N–H and O–H groups in total. The van der Waals surface area contributed by atoms with Gasteiger partial charge in [-0.25, -0.2) is 9.97 Å². The lowest BCUT2D eigenvalue weighted by Gasteiger charge is -2.28. The summed E-state index contributed by atoms with van der Waals surface area (Å²) >= 11 is 0. The van der Waals surface area contributed by atoms with Crippen LogP contribution in [0, 0.1) is 5.92 Å². The standard InChI is InChI=1S/C21H27N5O2/c27-21(18-5-12-28-13-6-18)26-9-3-8-25(10-11-26)16-17-14-23-20(24-15-17)19-4-1-2-7-22-19/h1-2,4,7,14-15,18H,3,5-6,8-13,16H2. The van der Waals surface area contributed by atoms with Gasteiger partial charge in [-0.3, -0.25) is 14.7 Å². The highest BCUT2D eigenvalue weighted by Crippen LogP contribution is 2.19. The van der Waals surface area contributed by atoms with Gasteiger partial charge in [-0.05, 0) is 31.4 Å². The first-order valence-corrected chi connectivity index (χ1v) is 10.1. The summed E-state index contributed by atoms with van der Waals surface area (Å²) in [5, 5.41) is 0. The summed E-state index contributed by atoms with van der Waals surface area (Å²) in [5.41, 5.74) is 1.87. The number of carbonyl (C=O) groups is 1. The van der Waals surface area contributed by atoms with Crippen LogP contribution in [0.25, 0.3) is 11.5 Å². The molecule has 4 heterocycles. The molecule has 2 saturated heterocycles. The lowest BCUT2D eigenvalue weighted by molar-refractivity contribution is -0.138. The molecule has 0 atom stereocenters. The van der Waals surface area contributed by atoms with E-state index < -0.39 is 0 Å². The number of amides is 1. The molecule has 0 radical (unpaired) electrons. The number of hydrogen-bond acceptors (Lipinski definition) is 6. The molecule has 0 unspecified atom stereocenters. The van der Waals surface area contributed by atoms with Crippen LogP contribution in [0.4, 0.5) is 0 Å². The average Bonchev–Trinajstić information content (AvgIpc) is 3.01. The molecule has 2 fully saturated rings. The first kappa shape index (κ1) is 19.0. The number of pyridine rings is 1. The maximum atomic E-state index is 12.8. The van der Waals surface area contributed by atoms with Crippen molar-refractivity contribution in [1.82, 2.24) is 24.8 Å². The second kappa shape index (κ2) is 9.21. The van der Waals surface area contributed by atoms with Crippen LogP contribution in [0.3, 0.4) is 0 Å². The molecule has 2 aliphatic heterocycles. The second-order valence-electron chi connectivity index (χ2n) is 7.47. The highest BCUT2D eigenvalue weighted by molar-refractivity contribution is 5.79. The maximum Gasteiger partial charge on any atom is 0.225 e. The van der Waals surface area contributed by atoms with E-state index in [9.17, 15) is 4.79 Å². The predicted octanol–water partition coefficient (Wildman–Crippen LogP) is 2.00. The summed E-state index contributed by atoms with van der Waals surface area (Å²) < 4.78 is 5.39. The Hall–Kier alpha value is -2.38. The van der Waals surface area contributed by atoms with Crippen LogP contribution in [-0.2, 0) is 16.1 Å². The van der Waals surface area contributed by atoms with E-state index in [0.29, 0.717) is 24.9 Å². The lowest BCUT2D eigenvalue weighted by Crippen LogP contribution is -2.40. The Morgan fingerprint density at radius 2 is 1.86 bits per heavy atom. The molecule has 0 saturated carbocycles. The van der Waals surface area contributed by atoms with Crippen molar-refractivity contribution in [3.63, 3.8) is 0 Å². The molecular formula is C21H27N5O2. The third-order valence-electron chi connectivity index (χ3n) is 5.48. The molecule has 7 nitrogen and oxygen atoms in total. The Labute approximate surface area is 165 Å². The minimum atomic E-state index is 0.146. The molecule has 7 heteroatoms. The quantitative estimate of drug-likeness (QED) is 0.807. The molecular weight excluding hydrogens is 354 g/mol. The number of hydrogen-bond donors (Lipinski definition) is 0. The fourth-order valence-electron chi connectivity index (χ4n) is 3.87. The van der Waals surface area contributed by atoms with Crippen LogP contribution in [0.5, 0.6) is 0 Å². The number of carbonyl (C=O) groups excluding carboxylic acids is 1. The van der Waals surface area contributed by atoms with Crippen LogP contribution in [0.15, 0.2) is 36.8 Å². The van der Waals surface area contributed by atoms with Gasteiger partial charge in [0.25, 0.3) is 0 Å². The Bertz CT molecular complexity index is 762. The molecule has 4 rings (SSSR count). The summed E-state index contributed by atoms with van der Waals surface area (Å²) in [5.74, 6) is 1.11. The van der Waals surface area contributed by atoms with Gasteiger partial charge in [0.15, 0.2) is 5.82 Å². The van der Waals surface area contributed by atoms with E-state index in [0.717, 1.165) is 63.2 Å². The van der Waals surface area contributed by atoms with Crippen molar-refractivity contribution >= 4 is 5.91 Å². The van der Waals surface area contributed by atoms with Crippen LogP contribution in [-0.4, -0.2) is 70.1 Å². The summed E-state index contributed by atoms with van der Waals surface area (Å²) in [6.07, 6.45) is 8.23. The zero-order valence-electron chi connectivity index (χ0n) is 16.2. The van der Waals surface area contributed by atoms with Crippen molar-refractivity contribution < 1.29 is 9.53 Å². The van der Waals surface area contributed by atoms with Gasteiger partial charge >= 0.3 is 0 Å². The van der Waals surface area contributed by atoms with E-state index in [-0.39, 0.29) is 5.92 Å². The van der Waals surface area contributed by atoms with E-state index >= 15 is 0 Å². The van der Waals surface area contributed by atoms with E-state index in [4.69, 9.17) is 4.74 Å². The SMILES string of the molecule is O=C(C1CCOCC1)N1CCCN(Cc2cnc(-c3ccccn3)nc2)CC1. The molecule has 0 bridgehead atoms. The van der Waals surface area contributed by atoms with Gasteiger partial charge in [-0.2, -0.15) is 0 Å². The van der Waals surface area contributed by atoms with Crippen molar-refractivity contribution in [2.75, 3.05) is 39.4 Å². The zero-order valence-corrected chi connectivity index (χ0v) is 16.2. The fraction of sp³-hybridized carbons (Fsp3) is 0.524. The summed E-state index contributed by atoms with van der Waals surface area (Å²) in [6.45, 7) is 5.75. The van der Waals surface area contributed by atoms with Gasteiger partial charge in [-0.1, -0.05) is 6.07 Å². The van der Waals surface area contributed by atoms with Gasteiger partial charge in [0.2, 0.25) is 5.91 Å². The highest BCUT2D eigenvalue weighted by atomic mass is 16.5. The predicted molar refractivity (Wildman–Crippen MR) is 105 cm³/mol. The maximum absolute atomic E-state index is 12.8. The van der Waals surface area contributed by atoms with Crippen LogP contribution < -0.4 is 0 Å². The van der Waals surface area contributed by atoms with Gasteiger partial charge in [0, 0.05) is 76.0 Å². The summed E-state index contributed by atoms with van der Waals surface area (Å²) in [7, 11) is 0. The van der Waals surface area contributed by atoms with Crippen molar-refractivity contribution in [3.05, 3.63) is 42.4 Å². The topological polar surface area (TPSA) is 71.5 Å². The second-order valence-corrected chi connectivity index (χ2v) is 7.47. The molecule has 28 heavy (non-hydrogen) atoms. The Kier molecular flexibility index (Phi) is 6.24. The van der Waals surface area contributed by atoms with E-state index in [2.05, 4.69) is 24.8 Å². The molecule has 148 valence electrons. The summed E-state index contributed by atoms with van der Waals surface area (Å²) in [4.78, 5) is 30.4. The van der Waals surface area contributed by atoms with E-state index in [1.807, 2.05) is 30.6 Å². The van der Waals surface area contributed by atoms with Gasteiger partial charge in [-0.15, -0.1) is 0 Å². The fourth-order valence-corrected chi connectivity index (χ4v) is 3.87. The minimum Gasteiger partial charge on any atom is -0.381 e. The third-order valence-corrected chi connectivity index (χ3v) is 5.48. The van der Waals surface area contributed by atoms with Gasteiger partial charge < -0.3 is 9.64 Å². The minimum absolute atomic E-state index is 0.146. The first-order valence-electron chi connectivity index (χ1n) is 10.1. The average molecular weight is 381 g/mol. The van der Waals surface area contributed by atoms with Crippen molar-refractivity contribution in [3.8, 4) is 11.5 Å². The van der Waals surface area contributed by atoms with Crippen molar-refractivity contribution in [2.45, 2.75) is 25.8 Å². The van der Waals surface area contributed by atoms with Crippen LogP contribution >= 0.6 is 0 Å². The van der Waals surface area contributed by atoms with Gasteiger partial charge in [0.1, 0.15) is 5.69 Å². The molecule has 2 aliphatic rings. The molecule has 0 aliphatic carbocycles. The monoisotopic (exact) mass is 381 g/mol. The Morgan fingerprint density at radius 1 is 1.04 bits per heavy atom. The molecule has 1 amide bonds. The number of ether oxygens (including phenoxy) is 1. The smallest absolute Gasteiger partial charge is 0.225 e. The Balaban J connectivity index is 1.31. The summed E-state index contributed by atoms with van der Waals surface area (Å²) in [6, 6.07) is 5.73. The largest absolute Gasteiger partial charge is 0.381 e. The third kappa shape index (κ3) is 4.72. The molecule has 0 aromatic carbocycles. The number of aromatic nitrogens is 3. The van der Waals surface area contributed by atoms with E-state index in [1.165, 1.54) is 0 Å².